The van der Waals surface area contributed by atoms with Gasteiger partial charge in [-0.1, -0.05) is 11.6 Å². The highest BCUT2D eigenvalue weighted by atomic mass is 35.5. The molecule has 2 unspecified atom stereocenters. The summed E-state index contributed by atoms with van der Waals surface area (Å²) in [5.74, 6) is 0.579. The van der Waals surface area contributed by atoms with Gasteiger partial charge in [0, 0.05) is 18.1 Å². The molecule has 0 saturated carbocycles. The molecule has 4 aliphatic rings. The summed E-state index contributed by atoms with van der Waals surface area (Å²) in [6.45, 7) is 0. The Morgan fingerprint density at radius 1 is 1.17 bits per heavy atom. The largest absolute Gasteiger partial charge is 0.500 e. The number of ether oxygens (including phenoxy) is 6. The fourth-order valence-corrected chi connectivity index (χ4v) is 4.82. The third kappa shape index (κ3) is 2.49. The Morgan fingerprint density at radius 3 is 2.66 bits per heavy atom. The Kier molecular flexibility index (Phi) is 4.20. The minimum atomic E-state index is -0.919. The first kappa shape index (κ1) is 18.6. The normalized spacial score (nSPS) is 31.7. The number of carbonyl (C=O) groups is 1. The summed E-state index contributed by atoms with van der Waals surface area (Å²) >= 11 is 6.30. The average molecular weight is 423 g/mol. The summed E-state index contributed by atoms with van der Waals surface area (Å²) in [6.07, 6.45) is -0.0921. The van der Waals surface area contributed by atoms with Crippen LogP contribution in [0.15, 0.2) is 29.2 Å². The highest BCUT2D eigenvalue weighted by Gasteiger charge is 2.54. The molecule has 5 atom stereocenters. The van der Waals surface area contributed by atoms with E-state index >= 15 is 0 Å². The Morgan fingerprint density at radius 2 is 1.97 bits per heavy atom. The van der Waals surface area contributed by atoms with Gasteiger partial charge in [0.1, 0.15) is 29.1 Å². The number of carbonyl (C=O) groups excluding carboxylic acids is 1. The number of hydrogen-bond acceptors (Lipinski definition) is 8. The number of allylic oxidation sites excluding steroid dienone is 1. The number of aliphatic hydroxyl groups excluding tert-OH is 1. The van der Waals surface area contributed by atoms with Crippen molar-refractivity contribution in [2.24, 2.45) is 11.8 Å². The Hall–Kier alpha value is -2.42. The van der Waals surface area contributed by atoms with Crippen LogP contribution < -0.4 is 14.2 Å². The highest BCUT2D eigenvalue weighted by molar-refractivity contribution is 6.33. The summed E-state index contributed by atoms with van der Waals surface area (Å²) in [5.41, 5.74) is 0.937. The van der Waals surface area contributed by atoms with E-state index in [4.69, 9.17) is 40.0 Å². The van der Waals surface area contributed by atoms with Crippen LogP contribution in [0.3, 0.4) is 0 Å². The van der Waals surface area contributed by atoms with E-state index in [9.17, 15) is 9.90 Å². The van der Waals surface area contributed by atoms with E-state index in [0.29, 0.717) is 23.7 Å². The van der Waals surface area contributed by atoms with Crippen LogP contribution in [0, 0.1) is 11.8 Å². The number of hydrogen-bond donors (Lipinski definition) is 1. The van der Waals surface area contributed by atoms with E-state index in [0.717, 1.165) is 5.57 Å². The summed E-state index contributed by atoms with van der Waals surface area (Å²) in [6, 6.07) is 1.55. The zero-order chi connectivity index (χ0) is 20.4. The molecule has 2 saturated heterocycles. The van der Waals surface area contributed by atoms with Gasteiger partial charge in [-0.3, -0.25) is 4.79 Å². The lowest BCUT2D eigenvalue weighted by Crippen LogP contribution is -2.41. The molecule has 3 aliphatic heterocycles. The maximum Gasteiger partial charge on any atom is 0.209 e. The third-order valence-electron chi connectivity index (χ3n) is 5.73. The first-order valence-electron chi connectivity index (χ1n) is 9.14. The molecule has 0 radical (unpaired) electrons. The minimum absolute atomic E-state index is 0.211. The second-order valence-electron chi connectivity index (χ2n) is 7.15. The molecule has 0 aromatic heterocycles. The summed E-state index contributed by atoms with van der Waals surface area (Å²) < 4.78 is 33.9. The Labute approximate surface area is 171 Å². The number of rotatable bonds is 3. The third-order valence-corrected chi connectivity index (χ3v) is 6.01. The van der Waals surface area contributed by atoms with Crippen molar-refractivity contribution in [1.29, 1.82) is 0 Å². The Bertz CT molecular complexity index is 968. The van der Waals surface area contributed by atoms with Crippen LogP contribution in [0.5, 0.6) is 17.2 Å². The average Bonchev–Trinajstić information content (AvgIpc) is 3.21. The first-order valence-corrected chi connectivity index (χ1v) is 9.52. The number of fused-ring (bicyclic) bond motifs is 5. The van der Waals surface area contributed by atoms with Gasteiger partial charge in [-0.05, 0) is 6.08 Å². The highest BCUT2D eigenvalue weighted by Crippen LogP contribution is 2.54. The molecule has 3 heterocycles. The standard InChI is InChI=1S/C20H19ClO8/c1-24-11-5-8(21)17(25-2)15-16(23)14-10(27-18(11)15)6-9-13(19(14)26-3)7-4-12(22)29-20(7)28-9/h5-7,10,12,14,20,22H,4H2,1-3H3/t7-,10?,12+,14?,20-/m0/s1. The van der Waals surface area contributed by atoms with Gasteiger partial charge in [0.2, 0.25) is 6.29 Å². The van der Waals surface area contributed by atoms with Crippen molar-refractivity contribution in [3.63, 3.8) is 0 Å². The van der Waals surface area contributed by atoms with Crippen LogP contribution in [0.25, 0.3) is 0 Å². The fraction of sp³-hybridized carbons (Fsp3) is 0.450. The molecule has 1 N–H and O–H groups in total. The van der Waals surface area contributed by atoms with Crippen molar-refractivity contribution in [2.45, 2.75) is 25.1 Å². The van der Waals surface area contributed by atoms with Crippen LogP contribution in [0.4, 0.5) is 0 Å². The van der Waals surface area contributed by atoms with E-state index in [-0.39, 0.29) is 33.8 Å². The maximum atomic E-state index is 13.6. The first-order chi connectivity index (χ1) is 14.0. The maximum absolute atomic E-state index is 13.6. The van der Waals surface area contributed by atoms with Crippen LogP contribution in [-0.4, -0.2) is 50.9 Å². The zero-order valence-electron chi connectivity index (χ0n) is 15.9. The van der Waals surface area contributed by atoms with E-state index in [1.807, 2.05) is 0 Å². The number of benzene rings is 1. The van der Waals surface area contributed by atoms with Crippen molar-refractivity contribution in [3.05, 3.63) is 39.8 Å². The lowest BCUT2D eigenvalue weighted by atomic mass is 9.79. The molecule has 1 aromatic rings. The molecule has 5 rings (SSSR count). The van der Waals surface area contributed by atoms with Gasteiger partial charge in [0.15, 0.2) is 29.3 Å². The van der Waals surface area contributed by atoms with Gasteiger partial charge in [-0.15, -0.1) is 0 Å². The van der Waals surface area contributed by atoms with Crippen LogP contribution in [-0.2, 0) is 14.2 Å². The molecule has 9 heteroatoms. The van der Waals surface area contributed by atoms with Crippen molar-refractivity contribution < 1.29 is 38.3 Å². The SMILES string of the molecule is COC1=C2C(=CC3Oc4c(OC)cc(Cl)c(OC)c4C(=O)C13)O[C@H]1O[C@@H](O)C[C@@H]21. The van der Waals surface area contributed by atoms with Crippen LogP contribution in [0.1, 0.15) is 16.8 Å². The second-order valence-corrected chi connectivity index (χ2v) is 7.56. The van der Waals surface area contributed by atoms with E-state index in [2.05, 4.69) is 0 Å². The van der Waals surface area contributed by atoms with Crippen LogP contribution >= 0.6 is 11.6 Å². The molecule has 0 bridgehead atoms. The predicted molar refractivity (Wildman–Crippen MR) is 99.0 cm³/mol. The quantitative estimate of drug-likeness (QED) is 0.794. The molecule has 29 heavy (non-hydrogen) atoms. The summed E-state index contributed by atoms with van der Waals surface area (Å²) in [5, 5.41) is 10.1. The van der Waals surface area contributed by atoms with Gasteiger partial charge < -0.3 is 33.5 Å². The molecule has 0 spiro atoms. The molecule has 1 aliphatic carbocycles. The van der Waals surface area contributed by atoms with Crippen molar-refractivity contribution in [1.82, 2.24) is 0 Å². The van der Waals surface area contributed by atoms with Crippen molar-refractivity contribution in [2.75, 3.05) is 21.3 Å². The molecular weight excluding hydrogens is 404 g/mol. The van der Waals surface area contributed by atoms with Gasteiger partial charge in [0.25, 0.3) is 0 Å². The van der Waals surface area contributed by atoms with Gasteiger partial charge in [0.05, 0.1) is 32.3 Å². The van der Waals surface area contributed by atoms with E-state index in [1.165, 1.54) is 21.3 Å². The van der Waals surface area contributed by atoms with E-state index < -0.39 is 24.6 Å². The number of Topliss-reactive ketones (excluding diaryl/α,β-unsaturated/α-hetero) is 1. The minimum Gasteiger partial charge on any atom is -0.500 e. The van der Waals surface area contributed by atoms with E-state index in [1.54, 1.807) is 12.1 Å². The van der Waals surface area contributed by atoms with Gasteiger partial charge >= 0.3 is 0 Å². The lowest BCUT2D eigenvalue weighted by Gasteiger charge is -2.36. The summed E-state index contributed by atoms with van der Waals surface area (Å²) in [4.78, 5) is 13.6. The number of methoxy groups -OCH3 is 3. The summed E-state index contributed by atoms with van der Waals surface area (Å²) in [7, 11) is 4.41. The molecular formula is C20H19ClO8. The lowest BCUT2D eigenvalue weighted by molar-refractivity contribution is -0.165. The number of halogens is 1. The second kappa shape index (κ2) is 6.55. The van der Waals surface area contributed by atoms with Gasteiger partial charge in [-0.2, -0.15) is 0 Å². The Balaban J connectivity index is 1.67. The molecule has 0 amide bonds. The predicted octanol–water partition coefficient (Wildman–Crippen LogP) is 2.43. The molecule has 154 valence electrons. The van der Waals surface area contributed by atoms with Crippen molar-refractivity contribution in [3.8, 4) is 17.2 Å². The number of aliphatic hydroxyl groups is 1. The van der Waals surface area contributed by atoms with Gasteiger partial charge in [-0.25, -0.2) is 0 Å². The topological polar surface area (TPSA) is 92.7 Å². The number of ketones is 1. The molecule has 2 fully saturated rings. The monoisotopic (exact) mass is 422 g/mol. The van der Waals surface area contributed by atoms with Crippen LogP contribution in [0.2, 0.25) is 5.02 Å². The zero-order valence-corrected chi connectivity index (χ0v) is 16.7. The molecule has 1 aromatic carbocycles. The fourth-order valence-electron chi connectivity index (χ4n) is 4.55. The smallest absolute Gasteiger partial charge is 0.209 e. The van der Waals surface area contributed by atoms with Crippen molar-refractivity contribution >= 4 is 17.4 Å². The molecule has 8 nitrogen and oxygen atoms in total.